The van der Waals surface area contributed by atoms with Crippen molar-refractivity contribution < 1.29 is 29.2 Å². The van der Waals surface area contributed by atoms with Crippen LogP contribution >= 0.6 is 0 Å². The van der Waals surface area contributed by atoms with E-state index in [4.69, 9.17) is 9.47 Å². The van der Waals surface area contributed by atoms with E-state index in [9.17, 15) is 15.1 Å². The van der Waals surface area contributed by atoms with Gasteiger partial charge in [0.2, 0.25) is 0 Å². The number of aromatic nitrogens is 2. The molecular weight excluding hydrogens is 450 g/mol. The summed E-state index contributed by atoms with van der Waals surface area (Å²) in [4.78, 5) is 12.8. The zero-order chi connectivity index (χ0) is 25.1. The summed E-state index contributed by atoms with van der Waals surface area (Å²) < 4.78 is 12.9. The van der Waals surface area contributed by atoms with Gasteiger partial charge in [-0.1, -0.05) is 38.1 Å². The molecule has 10 nitrogen and oxygen atoms in total. The summed E-state index contributed by atoms with van der Waals surface area (Å²) in [5.74, 6) is 1.21. The van der Waals surface area contributed by atoms with Gasteiger partial charge in [0, 0.05) is 29.3 Å². The Kier molecular flexibility index (Phi) is 7.27. The number of aryl methyl sites for hydroxylation is 1. The summed E-state index contributed by atoms with van der Waals surface area (Å²) in [6.45, 7) is 6.75. The quantitative estimate of drug-likeness (QED) is 0.365. The lowest BCUT2D eigenvalue weighted by Crippen LogP contribution is -2.54. The van der Waals surface area contributed by atoms with Crippen LogP contribution in [0, 0.1) is 0 Å². The number of carbonyl (C=O) groups is 1. The largest absolute Gasteiger partial charge is 0.487 e. The molecule has 35 heavy (non-hydrogen) atoms. The van der Waals surface area contributed by atoms with Crippen molar-refractivity contribution in [3.05, 3.63) is 48.2 Å². The number of benzene rings is 2. The maximum atomic E-state index is 12.8. The fourth-order valence-corrected chi connectivity index (χ4v) is 4.00. The average molecular weight is 485 g/mol. The molecule has 1 aromatic heterocycles. The SMILES string of the molecule is Cn1nc(C(C)(C)CO)cc1NC(=O)Nc1ccc(OCC[N+]2(O)CCOCC2)c2ccccc12. The predicted octanol–water partition coefficient (Wildman–Crippen LogP) is 3.10. The van der Waals surface area contributed by atoms with Crippen LogP contribution in [0.2, 0.25) is 0 Å². The summed E-state index contributed by atoms with van der Waals surface area (Å²) in [6.07, 6.45) is 0. The molecule has 1 aliphatic rings. The molecule has 1 saturated heterocycles. The van der Waals surface area contributed by atoms with Gasteiger partial charge in [-0.2, -0.15) is 9.75 Å². The number of fused-ring (bicyclic) bond motifs is 1. The van der Waals surface area contributed by atoms with Crippen molar-refractivity contribution in [2.45, 2.75) is 19.3 Å². The van der Waals surface area contributed by atoms with Crippen molar-refractivity contribution in [2.24, 2.45) is 7.05 Å². The first-order valence-electron chi connectivity index (χ1n) is 11.8. The number of nitrogens with zero attached hydrogens (tertiary/aromatic N) is 3. The van der Waals surface area contributed by atoms with Crippen molar-refractivity contribution in [1.29, 1.82) is 0 Å². The van der Waals surface area contributed by atoms with Gasteiger partial charge in [-0.05, 0) is 12.1 Å². The van der Waals surface area contributed by atoms with Gasteiger partial charge in [0.1, 0.15) is 37.8 Å². The van der Waals surface area contributed by atoms with Crippen molar-refractivity contribution in [3.8, 4) is 5.75 Å². The number of nitrogens with one attached hydrogen (secondary N) is 2. The minimum Gasteiger partial charge on any atom is -0.487 e. The highest BCUT2D eigenvalue weighted by Gasteiger charge is 2.29. The van der Waals surface area contributed by atoms with Gasteiger partial charge in [-0.25, -0.2) is 10.0 Å². The first-order chi connectivity index (χ1) is 16.7. The molecule has 0 atom stereocenters. The third kappa shape index (κ3) is 5.73. The minimum absolute atomic E-state index is 0.0526. The summed E-state index contributed by atoms with van der Waals surface area (Å²) in [7, 11) is 1.74. The number of amides is 2. The summed E-state index contributed by atoms with van der Waals surface area (Å²) >= 11 is 0. The molecular formula is C25H34N5O5+. The minimum atomic E-state index is -0.514. The van der Waals surface area contributed by atoms with Gasteiger partial charge in [-0.3, -0.25) is 10.00 Å². The van der Waals surface area contributed by atoms with Crippen LogP contribution in [0.4, 0.5) is 16.3 Å². The molecule has 2 aromatic carbocycles. The van der Waals surface area contributed by atoms with Crippen molar-refractivity contribution in [2.75, 3.05) is 56.7 Å². The van der Waals surface area contributed by atoms with Gasteiger partial charge >= 0.3 is 6.03 Å². The van der Waals surface area contributed by atoms with E-state index < -0.39 is 11.4 Å². The van der Waals surface area contributed by atoms with Crippen LogP contribution in [0.25, 0.3) is 10.8 Å². The van der Waals surface area contributed by atoms with Gasteiger partial charge < -0.3 is 19.9 Å². The van der Waals surface area contributed by atoms with E-state index in [1.807, 2.05) is 44.2 Å². The highest BCUT2D eigenvalue weighted by atomic mass is 16.6. The van der Waals surface area contributed by atoms with E-state index in [0.717, 1.165) is 10.8 Å². The van der Waals surface area contributed by atoms with E-state index in [1.54, 1.807) is 23.9 Å². The Morgan fingerprint density at radius 2 is 1.89 bits per heavy atom. The second-order valence-electron chi connectivity index (χ2n) is 9.54. The maximum absolute atomic E-state index is 12.8. The van der Waals surface area contributed by atoms with E-state index in [-0.39, 0.29) is 11.3 Å². The Hall–Kier alpha value is -3.18. The monoisotopic (exact) mass is 484 g/mol. The van der Waals surface area contributed by atoms with Crippen molar-refractivity contribution in [3.63, 3.8) is 0 Å². The topological polar surface area (TPSA) is 118 Å². The van der Waals surface area contributed by atoms with Crippen LogP contribution in [0.1, 0.15) is 19.5 Å². The molecule has 188 valence electrons. The Labute approximate surface area is 204 Å². The third-order valence-corrected chi connectivity index (χ3v) is 6.41. The third-order valence-electron chi connectivity index (χ3n) is 6.41. The Morgan fingerprint density at radius 1 is 1.17 bits per heavy atom. The fraction of sp³-hybridized carbons (Fsp3) is 0.440. The molecule has 0 aliphatic carbocycles. The molecule has 0 bridgehead atoms. The molecule has 1 fully saturated rings. The number of ether oxygens (including phenoxy) is 2. The molecule has 2 heterocycles. The van der Waals surface area contributed by atoms with E-state index >= 15 is 0 Å². The number of hydrogen-bond donors (Lipinski definition) is 4. The van der Waals surface area contributed by atoms with Gasteiger partial charge in [0.05, 0.1) is 31.2 Å². The maximum Gasteiger partial charge on any atom is 0.324 e. The number of anilines is 2. The number of morpholine rings is 1. The summed E-state index contributed by atoms with van der Waals surface area (Å²) in [5.41, 5.74) is 0.815. The molecule has 2 amide bonds. The molecule has 4 N–H and O–H groups in total. The number of rotatable bonds is 8. The van der Waals surface area contributed by atoms with E-state index in [0.29, 0.717) is 62.4 Å². The zero-order valence-electron chi connectivity index (χ0n) is 20.5. The Bertz CT molecular complexity index is 1190. The van der Waals surface area contributed by atoms with Crippen LogP contribution in [0.3, 0.4) is 0 Å². The van der Waals surface area contributed by atoms with Gasteiger partial charge in [-0.15, -0.1) is 0 Å². The lowest BCUT2D eigenvalue weighted by molar-refractivity contribution is -1.11. The number of urea groups is 1. The lowest BCUT2D eigenvalue weighted by atomic mass is 9.91. The highest BCUT2D eigenvalue weighted by Crippen LogP contribution is 2.32. The first-order valence-corrected chi connectivity index (χ1v) is 11.8. The molecule has 0 unspecified atom stereocenters. The number of aliphatic hydroxyl groups is 1. The smallest absolute Gasteiger partial charge is 0.324 e. The van der Waals surface area contributed by atoms with Crippen LogP contribution in [-0.2, 0) is 17.2 Å². The van der Waals surface area contributed by atoms with Crippen molar-refractivity contribution >= 4 is 28.3 Å². The molecule has 10 heteroatoms. The number of carbonyl (C=O) groups excluding carboxylic acids is 1. The lowest BCUT2D eigenvalue weighted by Gasteiger charge is -2.33. The predicted molar refractivity (Wildman–Crippen MR) is 133 cm³/mol. The highest BCUT2D eigenvalue weighted by molar-refractivity contribution is 6.07. The van der Waals surface area contributed by atoms with Gasteiger partial charge in [0.25, 0.3) is 0 Å². The standard InChI is InChI=1S/C25H33N5O5/c1-25(2,17-31)22-16-23(29(3)28-22)27-24(32)26-20-8-9-21(19-7-5-4-6-18(19)20)35-15-12-30(33)10-13-34-14-11-30/h4-9,16,31,33H,10-15,17H2,1-3H3,(H-,26,27,28,32)/p+1. The average Bonchev–Trinajstić information content (AvgIpc) is 3.21. The molecule has 0 radical (unpaired) electrons. The van der Waals surface area contributed by atoms with Crippen LogP contribution < -0.4 is 15.4 Å². The number of quaternary nitrogens is 1. The van der Waals surface area contributed by atoms with Crippen molar-refractivity contribution in [1.82, 2.24) is 9.78 Å². The summed E-state index contributed by atoms with van der Waals surface area (Å²) in [6, 6.07) is 12.7. The molecule has 0 saturated carbocycles. The number of aliphatic hydroxyl groups excluding tert-OH is 1. The van der Waals surface area contributed by atoms with Crippen LogP contribution in [0.15, 0.2) is 42.5 Å². The second-order valence-corrected chi connectivity index (χ2v) is 9.54. The van der Waals surface area contributed by atoms with Gasteiger partial charge in [0.15, 0.2) is 0 Å². The zero-order valence-corrected chi connectivity index (χ0v) is 20.5. The molecule has 4 rings (SSSR count). The van der Waals surface area contributed by atoms with Crippen LogP contribution in [-0.4, -0.2) is 76.8 Å². The second kappa shape index (κ2) is 10.2. The molecule has 0 spiro atoms. The normalized spacial score (nSPS) is 15.7. The van der Waals surface area contributed by atoms with E-state index in [2.05, 4.69) is 15.7 Å². The number of hydroxylamine groups is 3. The Morgan fingerprint density at radius 3 is 2.60 bits per heavy atom. The van der Waals surface area contributed by atoms with E-state index in [1.165, 1.54) is 0 Å². The summed E-state index contributed by atoms with van der Waals surface area (Å²) in [5, 5.41) is 32.1. The first kappa shape index (κ1) is 24.9. The number of hydrogen-bond acceptors (Lipinski definition) is 6. The van der Waals surface area contributed by atoms with Crippen LogP contribution in [0.5, 0.6) is 5.75 Å². The Balaban J connectivity index is 1.45. The molecule has 3 aromatic rings. The molecule has 1 aliphatic heterocycles. The fourth-order valence-electron chi connectivity index (χ4n) is 4.00.